The van der Waals surface area contributed by atoms with Crippen LogP contribution in [-0.4, -0.2) is 22.6 Å². The first-order valence-corrected chi connectivity index (χ1v) is 10.7. The van der Waals surface area contributed by atoms with Crippen LogP contribution in [0, 0.1) is 18.8 Å². The van der Waals surface area contributed by atoms with Gasteiger partial charge in [-0.15, -0.1) is 0 Å². The lowest BCUT2D eigenvalue weighted by Crippen LogP contribution is -2.27. The molecule has 0 atom stereocenters. The zero-order chi connectivity index (χ0) is 23.6. The molecule has 3 aromatic rings. The van der Waals surface area contributed by atoms with Crippen molar-refractivity contribution in [2.45, 2.75) is 39.8 Å². The van der Waals surface area contributed by atoms with Gasteiger partial charge in [0.2, 0.25) is 0 Å². The van der Waals surface area contributed by atoms with E-state index in [-0.39, 0.29) is 5.91 Å². The first kappa shape index (κ1) is 22.1. The number of rotatable bonds is 2. The van der Waals surface area contributed by atoms with E-state index < -0.39 is 11.7 Å². The highest BCUT2D eigenvalue weighted by atomic mass is 16.6. The van der Waals surface area contributed by atoms with Crippen molar-refractivity contribution in [1.82, 2.24) is 4.98 Å². The van der Waals surface area contributed by atoms with Crippen LogP contribution in [0.25, 0.3) is 0 Å². The molecule has 1 aliphatic heterocycles. The number of fused-ring (bicyclic) bond motifs is 1. The van der Waals surface area contributed by atoms with E-state index in [1.54, 1.807) is 44.0 Å². The Morgan fingerprint density at radius 1 is 1.06 bits per heavy atom. The Morgan fingerprint density at radius 3 is 2.48 bits per heavy atom. The predicted molar refractivity (Wildman–Crippen MR) is 128 cm³/mol. The molecule has 0 radical (unpaired) electrons. The molecule has 1 N–H and O–H groups in total. The molecular weight excluding hydrogens is 414 g/mol. The highest BCUT2D eigenvalue weighted by Gasteiger charge is 2.30. The van der Waals surface area contributed by atoms with Crippen LogP contribution in [0.1, 0.15) is 53.4 Å². The van der Waals surface area contributed by atoms with Crippen molar-refractivity contribution in [2.75, 3.05) is 10.2 Å². The highest BCUT2D eigenvalue weighted by molar-refractivity contribution is 6.10. The van der Waals surface area contributed by atoms with Crippen LogP contribution in [0.5, 0.6) is 0 Å². The van der Waals surface area contributed by atoms with E-state index in [9.17, 15) is 9.59 Å². The second kappa shape index (κ2) is 8.79. The number of hydrogen-bond donors (Lipinski definition) is 1. The third-order valence-electron chi connectivity index (χ3n) is 4.99. The van der Waals surface area contributed by atoms with Gasteiger partial charge in [-0.3, -0.25) is 15.0 Å². The van der Waals surface area contributed by atoms with Gasteiger partial charge in [0, 0.05) is 28.6 Å². The smallest absolute Gasteiger partial charge is 0.412 e. The normalized spacial score (nSPS) is 12.6. The number of benzene rings is 2. The topological polar surface area (TPSA) is 71.5 Å². The van der Waals surface area contributed by atoms with Crippen LogP contribution in [0.4, 0.5) is 16.3 Å². The second-order valence-corrected chi connectivity index (χ2v) is 8.87. The van der Waals surface area contributed by atoms with Gasteiger partial charge in [-0.1, -0.05) is 36.1 Å². The summed E-state index contributed by atoms with van der Waals surface area (Å²) in [5.74, 6) is 6.69. The summed E-state index contributed by atoms with van der Waals surface area (Å²) >= 11 is 0. The van der Waals surface area contributed by atoms with Crippen molar-refractivity contribution in [3.05, 3.63) is 88.6 Å². The molecule has 0 aliphatic carbocycles. The largest absolute Gasteiger partial charge is 0.444 e. The molecular formula is C27H25N3O3. The Hall–Kier alpha value is -4.11. The van der Waals surface area contributed by atoms with Crippen LogP contribution >= 0.6 is 0 Å². The average Bonchev–Trinajstić information content (AvgIpc) is 3.07. The number of aryl methyl sites for hydroxylation is 1. The van der Waals surface area contributed by atoms with Gasteiger partial charge in [-0.25, -0.2) is 9.78 Å². The van der Waals surface area contributed by atoms with E-state index in [0.29, 0.717) is 23.6 Å². The van der Waals surface area contributed by atoms with Crippen molar-refractivity contribution in [2.24, 2.45) is 0 Å². The lowest BCUT2D eigenvalue weighted by atomic mass is 10.1. The summed E-state index contributed by atoms with van der Waals surface area (Å²) in [5.41, 5.74) is 3.90. The van der Waals surface area contributed by atoms with Gasteiger partial charge in [-0.05, 0) is 69.2 Å². The van der Waals surface area contributed by atoms with Crippen LogP contribution in [0.3, 0.4) is 0 Å². The third-order valence-corrected chi connectivity index (χ3v) is 4.99. The van der Waals surface area contributed by atoms with Gasteiger partial charge < -0.3 is 4.74 Å². The van der Waals surface area contributed by atoms with Crippen molar-refractivity contribution < 1.29 is 14.3 Å². The Balaban J connectivity index is 1.51. The molecule has 0 unspecified atom stereocenters. The number of aromatic nitrogens is 1. The Morgan fingerprint density at radius 2 is 1.79 bits per heavy atom. The molecule has 6 nitrogen and oxygen atoms in total. The molecule has 2 amide bonds. The number of amides is 2. The first-order chi connectivity index (χ1) is 15.7. The summed E-state index contributed by atoms with van der Waals surface area (Å²) in [4.78, 5) is 31.4. The first-order valence-electron chi connectivity index (χ1n) is 10.7. The molecule has 4 rings (SSSR count). The second-order valence-electron chi connectivity index (χ2n) is 8.87. The number of pyridine rings is 1. The molecule has 6 heteroatoms. The lowest BCUT2D eigenvalue weighted by molar-refractivity contribution is 0.0635. The van der Waals surface area contributed by atoms with Crippen LogP contribution in [0.2, 0.25) is 0 Å². The van der Waals surface area contributed by atoms with Crippen molar-refractivity contribution in [3.63, 3.8) is 0 Å². The van der Waals surface area contributed by atoms with E-state index in [0.717, 1.165) is 22.3 Å². The molecule has 2 aromatic carbocycles. The average molecular weight is 440 g/mol. The number of carbonyl (C=O) groups excluding carboxylic acids is 2. The lowest BCUT2D eigenvalue weighted by Gasteiger charge is -2.19. The summed E-state index contributed by atoms with van der Waals surface area (Å²) in [5, 5.41) is 2.69. The standard InChI is InChI=1S/C27H25N3O3/c1-18-14-20(11-10-19-8-6-5-7-9-19)16-28-24(18)30-17-21-12-13-22(15-23(21)25(30)31)29-26(32)33-27(2,3)4/h5-9,12-16H,17H2,1-4H3,(H,29,32). The number of carbonyl (C=O) groups is 2. The molecule has 1 aliphatic rings. The van der Waals surface area contributed by atoms with E-state index in [4.69, 9.17) is 4.74 Å². The van der Waals surface area contributed by atoms with Crippen molar-refractivity contribution in [3.8, 4) is 11.8 Å². The summed E-state index contributed by atoms with van der Waals surface area (Å²) in [6.45, 7) is 7.73. The fourth-order valence-corrected chi connectivity index (χ4v) is 3.56. The minimum atomic E-state index is -0.603. The fourth-order valence-electron chi connectivity index (χ4n) is 3.56. The van der Waals surface area contributed by atoms with Gasteiger partial charge in [0.1, 0.15) is 11.4 Å². The summed E-state index contributed by atoms with van der Waals surface area (Å²) in [7, 11) is 0. The highest BCUT2D eigenvalue weighted by Crippen LogP contribution is 2.31. The minimum Gasteiger partial charge on any atom is -0.444 e. The predicted octanol–water partition coefficient (Wildman–Crippen LogP) is 5.30. The molecule has 0 saturated heterocycles. The molecule has 33 heavy (non-hydrogen) atoms. The fraction of sp³-hybridized carbons (Fsp3) is 0.222. The maximum atomic E-state index is 13.1. The Labute approximate surface area is 193 Å². The van der Waals surface area contributed by atoms with Gasteiger partial charge in [0.15, 0.2) is 0 Å². The van der Waals surface area contributed by atoms with Gasteiger partial charge in [0.05, 0.1) is 6.54 Å². The number of nitrogens with zero attached hydrogens (tertiary/aromatic N) is 2. The Bertz CT molecular complexity index is 1280. The maximum Gasteiger partial charge on any atom is 0.412 e. The molecule has 1 aromatic heterocycles. The maximum absolute atomic E-state index is 13.1. The summed E-state index contributed by atoms with van der Waals surface area (Å²) < 4.78 is 5.29. The molecule has 0 fully saturated rings. The molecule has 2 heterocycles. The number of hydrogen-bond acceptors (Lipinski definition) is 4. The number of anilines is 2. The number of ether oxygens (including phenoxy) is 1. The Kier molecular flexibility index (Phi) is 5.89. The van der Waals surface area contributed by atoms with Gasteiger partial charge >= 0.3 is 6.09 Å². The van der Waals surface area contributed by atoms with Crippen LogP contribution in [-0.2, 0) is 11.3 Å². The van der Waals surface area contributed by atoms with E-state index >= 15 is 0 Å². The number of nitrogens with one attached hydrogen (secondary N) is 1. The van der Waals surface area contributed by atoms with Crippen molar-refractivity contribution >= 4 is 23.5 Å². The summed E-state index contributed by atoms with van der Waals surface area (Å²) in [6.07, 6.45) is 1.12. The minimum absolute atomic E-state index is 0.156. The molecule has 0 bridgehead atoms. The van der Waals surface area contributed by atoms with Gasteiger partial charge in [-0.2, -0.15) is 0 Å². The molecule has 0 spiro atoms. The van der Waals surface area contributed by atoms with E-state index in [2.05, 4.69) is 22.1 Å². The van der Waals surface area contributed by atoms with E-state index in [1.807, 2.05) is 49.4 Å². The quantitative estimate of drug-likeness (QED) is 0.550. The van der Waals surface area contributed by atoms with Crippen LogP contribution in [0.15, 0.2) is 60.8 Å². The summed E-state index contributed by atoms with van der Waals surface area (Å²) in [6, 6.07) is 17.0. The van der Waals surface area contributed by atoms with Crippen molar-refractivity contribution in [1.29, 1.82) is 0 Å². The SMILES string of the molecule is Cc1cc(C#Cc2ccccc2)cnc1N1Cc2ccc(NC(=O)OC(C)(C)C)cc2C1=O. The third kappa shape index (κ3) is 5.21. The molecule has 0 saturated carbocycles. The van der Waals surface area contributed by atoms with Crippen LogP contribution < -0.4 is 10.2 Å². The van der Waals surface area contributed by atoms with E-state index in [1.165, 1.54) is 0 Å². The molecule has 166 valence electrons. The zero-order valence-electron chi connectivity index (χ0n) is 19.1. The zero-order valence-corrected chi connectivity index (χ0v) is 19.1. The van der Waals surface area contributed by atoms with Gasteiger partial charge in [0.25, 0.3) is 5.91 Å². The monoisotopic (exact) mass is 439 g/mol.